The van der Waals surface area contributed by atoms with Crippen LogP contribution in [0, 0.1) is 0 Å². The van der Waals surface area contributed by atoms with Gasteiger partial charge in [0.2, 0.25) is 0 Å². The number of hydrogen-bond donors (Lipinski definition) is 0. The van der Waals surface area contributed by atoms with Crippen molar-refractivity contribution in [3.63, 3.8) is 0 Å². The predicted molar refractivity (Wildman–Crippen MR) is 92.7 cm³/mol. The van der Waals surface area contributed by atoms with E-state index in [0.29, 0.717) is 11.7 Å². The Morgan fingerprint density at radius 1 is 0.760 bits per heavy atom. The van der Waals surface area contributed by atoms with Crippen LogP contribution in [0.5, 0.6) is 0 Å². The third-order valence-corrected chi connectivity index (χ3v) is 3.68. The van der Waals surface area contributed by atoms with Gasteiger partial charge in [-0.1, -0.05) is 6.07 Å². The second-order valence-corrected chi connectivity index (χ2v) is 5.39. The highest BCUT2D eigenvalue weighted by molar-refractivity contribution is 7.13. The summed E-state index contributed by atoms with van der Waals surface area (Å²) in [6, 6.07) is 11.5. The number of furan rings is 2. The van der Waals surface area contributed by atoms with Crippen molar-refractivity contribution in [2.45, 2.75) is 0 Å². The van der Waals surface area contributed by atoms with E-state index in [1.54, 1.807) is 48.4 Å². The lowest BCUT2D eigenvalue weighted by Gasteiger charge is -1.84. The molecule has 126 valence electrons. The third-order valence-electron chi connectivity index (χ3n) is 2.80. The lowest BCUT2D eigenvalue weighted by molar-refractivity contribution is 0.517. The Kier molecular flexibility index (Phi) is 6.01. The van der Waals surface area contributed by atoms with Crippen molar-refractivity contribution in [3.8, 4) is 22.3 Å². The first-order chi connectivity index (χ1) is 12.4. The molecule has 0 saturated carbocycles. The Bertz CT molecular complexity index is 733. The van der Waals surface area contributed by atoms with Gasteiger partial charge in [0.1, 0.15) is 18.3 Å². The summed E-state index contributed by atoms with van der Waals surface area (Å²) >= 11 is 1.69. The van der Waals surface area contributed by atoms with Gasteiger partial charge in [-0.2, -0.15) is 0 Å². The van der Waals surface area contributed by atoms with Crippen molar-refractivity contribution >= 4 is 11.3 Å². The number of oxazole rings is 2. The molecule has 5 aromatic rings. The van der Waals surface area contributed by atoms with Crippen molar-refractivity contribution in [2.24, 2.45) is 0 Å². The zero-order valence-electron chi connectivity index (χ0n) is 13.0. The van der Waals surface area contributed by atoms with Gasteiger partial charge in [0.05, 0.1) is 29.8 Å². The fourth-order valence-electron chi connectivity index (χ4n) is 1.76. The van der Waals surface area contributed by atoms with E-state index in [1.165, 1.54) is 23.8 Å². The Morgan fingerprint density at radius 2 is 1.60 bits per heavy atom. The molecule has 0 fully saturated rings. The molecule has 25 heavy (non-hydrogen) atoms. The van der Waals surface area contributed by atoms with Gasteiger partial charge in [0, 0.05) is 0 Å². The van der Waals surface area contributed by atoms with Crippen molar-refractivity contribution in [1.29, 1.82) is 0 Å². The lowest BCUT2D eigenvalue weighted by Crippen LogP contribution is -1.68. The molecule has 0 radical (unpaired) electrons. The van der Waals surface area contributed by atoms with Crippen LogP contribution in [0.15, 0.2) is 103 Å². The molecular weight excluding hydrogens is 340 g/mol. The van der Waals surface area contributed by atoms with Crippen LogP contribution in [0.3, 0.4) is 0 Å². The highest BCUT2D eigenvalue weighted by Crippen LogP contribution is 2.24. The highest BCUT2D eigenvalue weighted by Gasteiger charge is 2.02. The summed E-state index contributed by atoms with van der Waals surface area (Å²) in [6.45, 7) is 0. The first-order valence-electron chi connectivity index (χ1n) is 7.26. The normalized spacial score (nSPS) is 9.60. The summed E-state index contributed by atoms with van der Waals surface area (Å²) in [7, 11) is 0. The van der Waals surface area contributed by atoms with Crippen LogP contribution < -0.4 is 0 Å². The molecule has 0 unspecified atom stereocenters. The summed E-state index contributed by atoms with van der Waals surface area (Å²) in [5.41, 5.74) is 0. The van der Waals surface area contributed by atoms with Gasteiger partial charge in [0.25, 0.3) is 5.89 Å². The molecule has 0 saturated heterocycles. The van der Waals surface area contributed by atoms with Gasteiger partial charge >= 0.3 is 0 Å². The van der Waals surface area contributed by atoms with Crippen molar-refractivity contribution in [3.05, 3.63) is 85.6 Å². The molecular formula is C18H14N2O4S. The van der Waals surface area contributed by atoms with E-state index >= 15 is 0 Å². The van der Waals surface area contributed by atoms with E-state index in [4.69, 9.17) is 13.3 Å². The average molecular weight is 354 g/mol. The maximum absolute atomic E-state index is 5.19. The van der Waals surface area contributed by atoms with Gasteiger partial charge < -0.3 is 17.7 Å². The van der Waals surface area contributed by atoms with Crippen molar-refractivity contribution in [1.82, 2.24) is 9.97 Å². The third kappa shape index (κ3) is 5.08. The van der Waals surface area contributed by atoms with Crippen LogP contribution in [0.4, 0.5) is 0 Å². The van der Waals surface area contributed by atoms with Gasteiger partial charge in [-0.3, -0.25) is 0 Å². The Labute approximate surface area is 147 Å². The molecule has 0 bridgehead atoms. The molecule has 0 aliphatic heterocycles. The molecule has 0 amide bonds. The van der Waals surface area contributed by atoms with Gasteiger partial charge in [-0.25, -0.2) is 9.97 Å². The second kappa shape index (κ2) is 9.09. The molecule has 0 spiro atoms. The molecule has 0 aliphatic rings. The Balaban J connectivity index is 0.000000116. The summed E-state index contributed by atoms with van der Waals surface area (Å²) in [5, 5.41) is 2.04. The average Bonchev–Trinajstić information content (AvgIpc) is 3.51. The monoisotopic (exact) mass is 354 g/mol. The summed E-state index contributed by atoms with van der Waals surface area (Å²) < 4.78 is 19.7. The zero-order chi connectivity index (χ0) is 17.2. The van der Waals surface area contributed by atoms with Crippen molar-refractivity contribution < 1.29 is 17.7 Å². The highest BCUT2D eigenvalue weighted by atomic mass is 32.1. The molecule has 0 N–H and O–H groups in total. The SMILES string of the molecule is c1coc(-c2cccs2)c1.c1coc(-c2ncco2)c1.c1cocn1. The van der Waals surface area contributed by atoms with E-state index < -0.39 is 0 Å². The van der Waals surface area contributed by atoms with Crippen LogP contribution in [-0.4, -0.2) is 9.97 Å². The number of hydrogen-bond acceptors (Lipinski definition) is 7. The summed E-state index contributed by atoms with van der Waals surface area (Å²) in [6.07, 6.45) is 10.8. The molecule has 5 rings (SSSR count). The fraction of sp³-hybridized carbons (Fsp3) is 0. The fourth-order valence-corrected chi connectivity index (χ4v) is 2.45. The maximum Gasteiger partial charge on any atom is 0.262 e. The minimum Gasteiger partial charge on any atom is -0.464 e. The standard InChI is InChI=1S/C8H6OS.C7H5NO2.C3H3NO/c1-3-7(9-5-1)8-4-2-6-10-8;1-2-6(9-4-1)7-8-3-5-10-7;1-2-5-3-4-1/h1-6H;1-5H;1-3H. The maximum atomic E-state index is 5.19. The number of nitrogens with zero attached hydrogens (tertiary/aromatic N) is 2. The largest absolute Gasteiger partial charge is 0.464 e. The minimum atomic E-state index is 0.519. The minimum absolute atomic E-state index is 0.519. The van der Waals surface area contributed by atoms with Gasteiger partial charge in [-0.15, -0.1) is 11.3 Å². The molecule has 5 heterocycles. The van der Waals surface area contributed by atoms with Crippen LogP contribution >= 0.6 is 11.3 Å². The molecule has 7 heteroatoms. The Hall–Kier alpha value is -3.32. The lowest BCUT2D eigenvalue weighted by atomic mass is 10.4. The topological polar surface area (TPSA) is 78.3 Å². The van der Waals surface area contributed by atoms with E-state index in [1.807, 2.05) is 29.6 Å². The van der Waals surface area contributed by atoms with Crippen LogP contribution in [0.25, 0.3) is 22.3 Å². The summed E-state index contributed by atoms with van der Waals surface area (Å²) in [5.74, 6) is 2.13. The van der Waals surface area contributed by atoms with E-state index in [9.17, 15) is 0 Å². The summed E-state index contributed by atoms with van der Waals surface area (Å²) in [4.78, 5) is 8.64. The van der Waals surface area contributed by atoms with Gasteiger partial charge in [-0.05, 0) is 35.7 Å². The second-order valence-electron chi connectivity index (χ2n) is 4.44. The van der Waals surface area contributed by atoms with Gasteiger partial charge in [0.15, 0.2) is 12.2 Å². The van der Waals surface area contributed by atoms with E-state index in [2.05, 4.69) is 14.4 Å². The first kappa shape index (κ1) is 16.5. The van der Waals surface area contributed by atoms with E-state index in [0.717, 1.165) is 5.76 Å². The van der Waals surface area contributed by atoms with Crippen LogP contribution in [0.2, 0.25) is 0 Å². The smallest absolute Gasteiger partial charge is 0.262 e. The predicted octanol–water partition coefficient (Wildman–Crippen LogP) is 5.62. The molecule has 0 atom stereocenters. The van der Waals surface area contributed by atoms with Crippen LogP contribution in [0.1, 0.15) is 0 Å². The first-order valence-corrected chi connectivity index (χ1v) is 8.14. The molecule has 0 aliphatic carbocycles. The molecule has 6 nitrogen and oxygen atoms in total. The quantitative estimate of drug-likeness (QED) is 0.409. The van der Waals surface area contributed by atoms with E-state index in [-0.39, 0.29) is 0 Å². The van der Waals surface area contributed by atoms with Crippen LogP contribution in [-0.2, 0) is 0 Å². The zero-order valence-corrected chi connectivity index (χ0v) is 13.8. The molecule has 0 aromatic carbocycles. The van der Waals surface area contributed by atoms with Crippen molar-refractivity contribution in [2.75, 3.05) is 0 Å². The number of rotatable bonds is 2. The molecule has 5 aromatic heterocycles. The number of aromatic nitrogens is 2. The Morgan fingerprint density at radius 3 is 2.08 bits per heavy atom. The number of thiophene rings is 1.